The molecule has 0 radical (unpaired) electrons. The van der Waals surface area contributed by atoms with Crippen LogP contribution in [0.3, 0.4) is 0 Å². The minimum atomic E-state index is -0.172. The fourth-order valence-corrected chi connectivity index (χ4v) is 6.50. The summed E-state index contributed by atoms with van der Waals surface area (Å²) in [6, 6.07) is 3.29. The molecule has 1 heterocycles. The molecule has 3 aliphatic rings. The SMILES string of the molecule is CC1(C)CCC[C@]2(C)[C@H]3Cc4cc(O)c(O)cc4O[C@]3(C)CC[C@@H]12. The average Bonchev–Trinajstić information content (AvgIpc) is 2.46. The van der Waals surface area contributed by atoms with Crippen LogP contribution in [0.1, 0.15) is 65.4 Å². The molecule has 1 aromatic rings. The van der Waals surface area contributed by atoms with Crippen LogP contribution in [-0.4, -0.2) is 15.8 Å². The lowest BCUT2D eigenvalue weighted by Crippen LogP contribution is -2.61. The Hall–Kier alpha value is -1.38. The van der Waals surface area contributed by atoms with Crippen molar-refractivity contribution < 1.29 is 14.9 Å². The van der Waals surface area contributed by atoms with Gasteiger partial charge in [0.25, 0.3) is 0 Å². The van der Waals surface area contributed by atoms with E-state index in [0.717, 1.165) is 30.1 Å². The minimum absolute atomic E-state index is 0.0394. The van der Waals surface area contributed by atoms with Gasteiger partial charge in [-0.2, -0.15) is 0 Å². The maximum absolute atomic E-state index is 9.91. The number of rotatable bonds is 0. The zero-order chi connectivity index (χ0) is 17.3. The highest BCUT2D eigenvalue weighted by Gasteiger charge is 2.60. The van der Waals surface area contributed by atoms with Crippen molar-refractivity contribution in [2.24, 2.45) is 22.7 Å². The van der Waals surface area contributed by atoms with Gasteiger partial charge in [0.2, 0.25) is 0 Å². The predicted octanol–water partition coefficient (Wildman–Crippen LogP) is 5.03. The monoisotopic (exact) mass is 330 g/mol. The van der Waals surface area contributed by atoms with Crippen LogP contribution in [0.25, 0.3) is 0 Å². The first-order valence-electron chi connectivity index (χ1n) is 9.40. The summed E-state index contributed by atoms with van der Waals surface area (Å²) in [6.45, 7) is 9.63. The number of benzene rings is 1. The summed E-state index contributed by atoms with van der Waals surface area (Å²) in [4.78, 5) is 0. The number of hydrogen-bond acceptors (Lipinski definition) is 3. The third-order valence-corrected chi connectivity index (χ3v) is 7.66. The summed E-state index contributed by atoms with van der Waals surface area (Å²) in [6.07, 6.45) is 7.11. The second kappa shape index (κ2) is 4.83. The van der Waals surface area contributed by atoms with E-state index in [-0.39, 0.29) is 22.5 Å². The molecule has 0 saturated heterocycles. The first-order chi connectivity index (χ1) is 11.2. The molecule has 3 heteroatoms. The van der Waals surface area contributed by atoms with E-state index in [2.05, 4.69) is 27.7 Å². The van der Waals surface area contributed by atoms with Gasteiger partial charge in [-0.15, -0.1) is 0 Å². The molecule has 2 saturated carbocycles. The van der Waals surface area contributed by atoms with Crippen molar-refractivity contribution in [3.8, 4) is 17.2 Å². The highest BCUT2D eigenvalue weighted by Crippen LogP contribution is 2.64. The fourth-order valence-electron chi connectivity index (χ4n) is 6.50. The van der Waals surface area contributed by atoms with Gasteiger partial charge in [0.1, 0.15) is 11.4 Å². The second-order valence-corrected chi connectivity index (χ2v) is 9.56. The topological polar surface area (TPSA) is 49.7 Å². The van der Waals surface area contributed by atoms with Crippen LogP contribution in [0.2, 0.25) is 0 Å². The van der Waals surface area contributed by atoms with Crippen molar-refractivity contribution in [3.63, 3.8) is 0 Å². The zero-order valence-electron chi connectivity index (χ0n) is 15.4. The number of aromatic hydroxyl groups is 2. The largest absolute Gasteiger partial charge is 0.504 e. The Morgan fingerprint density at radius 1 is 0.958 bits per heavy atom. The van der Waals surface area contributed by atoms with Crippen molar-refractivity contribution >= 4 is 0 Å². The lowest BCUT2D eigenvalue weighted by atomic mass is 9.44. The maximum atomic E-state index is 9.91. The molecule has 1 aliphatic heterocycles. The Morgan fingerprint density at radius 2 is 1.67 bits per heavy atom. The maximum Gasteiger partial charge on any atom is 0.161 e. The van der Waals surface area contributed by atoms with Crippen LogP contribution < -0.4 is 4.74 Å². The number of phenols is 2. The quantitative estimate of drug-likeness (QED) is 0.656. The Kier molecular flexibility index (Phi) is 3.24. The van der Waals surface area contributed by atoms with Crippen LogP contribution in [-0.2, 0) is 6.42 Å². The molecular weight excluding hydrogens is 300 g/mol. The van der Waals surface area contributed by atoms with E-state index in [0.29, 0.717) is 11.3 Å². The summed E-state index contributed by atoms with van der Waals surface area (Å²) in [5.41, 5.74) is 1.54. The molecule has 0 bridgehead atoms. The lowest BCUT2D eigenvalue weighted by Gasteiger charge is -2.63. The number of hydrogen-bond donors (Lipinski definition) is 2. The van der Waals surface area contributed by atoms with Gasteiger partial charge in [-0.1, -0.05) is 27.2 Å². The summed E-state index contributed by atoms with van der Waals surface area (Å²) >= 11 is 0. The summed E-state index contributed by atoms with van der Waals surface area (Å²) in [7, 11) is 0. The first kappa shape index (κ1) is 16.1. The van der Waals surface area contributed by atoms with Crippen molar-refractivity contribution in [2.45, 2.75) is 71.8 Å². The fraction of sp³-hybridized carbons (Fsp3) is 0.714. The molecule has 3 nitrogen and oxygen atoms in total. The van der Waals surface area contributed by atoms with Crippen molar-refractivity contribution in [2.75, 3.05) is 0 Å². The zero-order valence-corrected chi connectivity index (χ0v) is 15.4. The predicted molar refractivity (Wildman–Crippen MR) is 94.5 cm³/mol. The normalized spacial score (nSPS) is 40.0. The van der Waals surface area contributed by atoms with Crippen LogP contribution in [0.4, 0.5) is 0 Å². The molecule has 24 heavy (non-hydrogen) atoms. The Morgan fingerprint density at radius 3 is 2.42 bits per heavy atom. The third-order valence-electron chi connectivity index (χ3n) is 7.66. The summed E-state index contributed by atoms with van der Waals surface area (Å²) in [5, 5.41) is 19.7. The Bertz CT molecular complexity index is 680. The van der Waals surface area contributed by atoms with Crippen molar-refractivity contribution in [1.29, 1.82) is 0 Å². The number of ether oxygens (including phenoxy) is 1. The molecule has 132 valence electrons. The van der Waals surface area contributed by atoms with Gasteiger partial charge in [0, 0.05) is 12.0 Å². The molecule has 2 N–H and O–H groups in total. The van der Waals surface area contributed by atoms with Gasteiger partial charge in [-0.05, 0) is 67.4 Å². The number of phenolic OH excluding ortho intramolecular Hbond substituents is 2. The van der Waals surface area contributed by atoms with E-state index in [4.69, 9.17) is 4.74 Å². The molecule has 2 aliphatic carbocycles. The van der Waals surface area contributed by atoms with Crippen molar-refractivity contribution in [1.82, 2.24) is 0 Å². The second-order valence-electron chi connectivity index (χ2n) is 9.56. The lowest BCUT2D eigenvalue weighted by molar-refractivity contribution is -0.162. The van der Waals surface area contributed by atoms with E-state index in [1.807, 2.05) is 0 Å². The van der Waals surface area contributed by atoms with Gasteiger partial charge >= 0.3 is 0 Å². The van der Waals surface area contributed by atoms with E-state index in [1.54, 1.807) is 12.1 Å². The number of fused-ring (bicyclic) bond motifs is 4. The minimum Gasteiger partial charge on any atom is -0.504 e. The van der Waals surface area contributed by atoms with Crippen LogP contribution in [0, 0.1) is 22.7 Å². The van der Waals surface area contributed by atoms with Gasteiger partial charge in [-0.25, -0.2) is 0 Å². The third kappa shape index (κ3) is 2.09. The van der Waals surface area contributed by atoms with Gasteiger partial charge in [0.05, 0.1) is 0 Å². The van der Waals surface area contributed by atoms with Gasteiger partial charge in [-0.3, -0.25) is 0 Å². The Balaban J connectivity index is 1.78. The molecule has 0 unspecified atom stereocenters. The highest BCUT2D eigenvalue weighted by atomic mass is 16.5. The molecular formula is C21H30O3. The average molecular weight is 330 g/mol. The molecule has 4 atom stereocenters. The standard InChI is InChI=1S/C21H30O3/c1-19(2)7-5-8-20(3)17(19)6-9-21(4)18(20)11-13-10-14(22)15(23)12-16(13)24-21/h10,12,17-18,22-23H,5-9,11H2,1-4H3/t17-,18+,20-,21+/m0/s1. The summed E-state index contributed by atoms with van der Waals surface area (Å²) < 4.78 is 6.47. The van der Waals surface area contributed by atoms with Gasteiger partial charge in [0.15, 0.2) is 11.5 Å². The van der Waals surface area contributed by atoms with E-state index < -0.39 is 0 Å². The molecule has 1 aromatic carbocycles. The Labute approximate surface area is 145 Å². The molecule has 0 spiro atoms. The van der Waals surface area contributed by atoms with Gasteiger partial charge < -0.3 is 14.9 Å². The molecule has 0 aromatic heterocycles. The van der Waals surface area contributed by atoms with E-state index >= 15 is 0 Å². The van der Waals surface area contributed by atoms with Crippen molar-refractivity contribution in [3.05, 3.63) is 17.7 Å². The smallest absolute Gasteiger partial charge is 0.161 e. The van der Waals surface area contributed by atoms with Crippen LogP contribution in [0.15, 0.2) is 12.1 Å². The molecule has 4 rings (SSSR count). The molecule has 0 amide bonds. The van der Waals surface area contributed by atoms with E-state index in [9.17, 15) is 10.2 Å². The first-order valence-corrected chi connectivity index (χ1v) is 9.40. The van der Waals surface area contributed by atoms with E-state index in [1.165, 1.54) is 25.7 Å². The molecule has 2 fully saturated rings. The van der Waals surface area contributed by atoms with Crippen LogP contribution >= 0.6 is 0 Å². The van der Waals surface area contributed by atoms with Crippen LogP contribution in [0.5, 0.6) is 17.2 Å². The highest BCUT2D eigenvalue weighted by molar-refractivity contribution is 5.50. The summed E-state index contributed by atoms with van der Waals surface area (Å²) in [5.74, 6) is 1.81.